The SMILES string of the molecule is CCCS(=O)(=O)c1ccccc1NCC(O)C1CC1. The summed E-state index contributed by atoms with van der Waals surface area (Å²) in [5.74, 6) is 0.531. The maximum Gasteiger partial charge on any atom is 0.180 e. The van der Waals surface area contributed by atoms with Crippen molar-refractivity contribution in [2.75, 3.05) is 17.6 Å². The van der Waals surface area contributed by atoms with Crippen LogP contribution >= 0.6 is 0 Å². The number of nitrogens with one attached hydrogen (secondary N) is 1. The topological polar surface area (TPSA) is 66.4 Å². The van der Waals surface area contributed by atoms with E-state index in [-0.39, 0.29) is 11.9 Å². The van der Waals surface area contributed by atoms with Crippen LogP contribution in [0.25, 0.3) is 0 Å². The van der Waals surface area contributed by atoms with Gasteiger partial charge in [-0.25, -0.2) is 8.42 Å². The van der Waals surface area contributed by atoms with Gasteiger partial charge in [-0.3, -0.25) is 0 Å². The minimum absolute atomic E-state index is 0.150. The Kier molecular flexibility index (Phi) is 4.47. The third-order valence-corrected chi connectivity index (χ3v) is 5.33. The Balaban J connectivity index is 2.11. The Morgan fingerprint density at radius 1 is 1.37 bits per heavy atom. The lowest BCUT2D eigenvalue weighted by Crippen LogP contribution is -2.22. The number of para-hydroxylation sites is 1. The number of hydrogen-bond acceptors (Lipinski definition) is 4. The second-order valence-corrected chi connectivity index (χ2v) is 7.18. The highest BCUT2D eigenvalue weighted by atomic mass is 32.2. The van der Waals surface area contributed by atoms with Crippen LogP contribution in [0.5, 0.6) is 0 Å². The fraction of sp³-hybridized carbons (Fsp3) is 0.571. The molecule has 0 spiro atoms. The summed E-state index contributed by atoms with van der Waals surface area (Å²) < 4.78 is 24.3. The number of sulfone groups is 1. The molecule has 106 valence electrons. The smallest absolute Gasteiger partial charge is 0.180 e. The molecule has 1 aromatic rings. The van der Waals surface area contributed by atoms with E-state index in [2.05, 4.69) is 5.32 Å². The van der Waals surface area contributed by atoms with Crippen LogP contribution in [0.1, 0.15) is 26.2 Å². The second-order valence-electron chi connectivity index (χ2n) is 5.10. The zero-order chi connectivity index (χ0) is 13.9. The molecule has 1 atom stereocenters. The first-order valence-electron chi connectivity index (χ1n) is 6.78. The van der Waals surface area contributed by atoms with Gasteiger partial charge in [-0.2, -0.15) is 0 Å². The fourth-order valence-corrected chi connectivity index (χ4v) is 3.64. The van der Waals surface area contributed by atoms with Crippen molar-refractivity contribution in [1.82, 2.24) is 0 Å². The minimum Gasteiger partial charge on any atom is -0.391 e. The number of aliphatic hydroxyl groups excluding tert-OH is 1. The minimum atomic E-state index is -3.24. The molecule has 1 fully saturated rings. The Morgan fingerprint density at radius 3 is 2.68 bits per heavy atom. The molecule has 0 amide bonds. The quantitative estimate of drug-likeness (QED) is 0.804. The molecule has 2 N–H and O–H groups in total. The first-order valence-corrected chi connectivity index (χ1v) is 8.43. The molecule has 19 heavy (non-hydrogen) atoms. The molecule has 1 aliphatic carbocycles. The van der Waals surface area contributed by atoms with Crippen molar-refractivity contribution in [2.45, 2.75) is 37.2 Å². The standard InChI is InChI=1S/C14H21NO3S/c1-2-9-19(17,18)14-6-4-3-5-12(14)15-10-13(16)11-7-8-11/h3-6,11,13,15-16H,2,7-10H2,1H3. The predicted molar refractivity (Wildman–Crippen MR) is 76.0 cm³/mol. The van der Waals surface area contributed by atoms with E-state index in [1.165, 1.54) is 0 Å². The summed E-state index contributed by atoms with van der Waals surface area (Å²) >= 11 is 0. The molecule has 4 nitrogen and oxygen atoms in total. The molecule has 1 aliphatic rings. The van der Waals surface area contributed by atoms with Crippen LogP contribution in [0.2, 0.25) is 0 Å². The van der Waals surface area contributed by atoms with Crippen molar-refractivity contribution < 1.29 is 13.5 Å². The maximum atomic E-state index is 12.1. The summed E-state index contributed by atoms with van der Waals surface area (Å²) in [6, 6.07) is 6.90. The van der Waals surface area contributed by atoms with Gasteiger partial charge in [0.15, 0.2) is 9.84 Å². The Labute approximate surface area is 114 Å². The first-order chi connectivity index (χ1) is 9.04. The molecule has 1 saturated carbocycles. The zero-order valence-corrected chi connectivity index (χ0v) is 12.0. The van der Waals surface area contributed by atoms with Crippen LogP contribution in [-0.4, -0.2) is 31.9 Å². The van der Waals surface area contributed by atoms with E-state index in [0.717, 1.165) is 12.8 Å². The van der Waals surface area contributed by atoms with Crippen molar-refractivity contribution >= 4 is 15.5 Å². The molecule has 1 unspecified atom stereocenters. The average Bonchev–Trinajstić information content (AvgIpc) is 3.20. The normalized spacial score (nSPS) is 17.2. The van der Waals surface area contributed by atoms with Gasteiger partial charge in [0.05, 0.1) is 22.4 Å². The van der Waals surface area contributed by atoms with Gasteiger partial charge in [0, 0.05) is 6.54 Å². The first kappa shape index (κ1) is 14.3. The van der Waals surface area contributed by atoms with Crippen molar-refractivity contribution in [3.8, 4) is 0 Å². The molecule has 1 aromatic carbocycles. The Hall–Kier alpha value is -1.07. The lowest BCUT2D eigenvalue weighted by Gasteiger charge is -2.15. The van der Waals surface area contributed by atoms with Crippen molar-refractivity contribution in [3.05, 3.63) is 24.3 Å². The van der Waals surface area contributed by atoms with Crippen LogP contribution in [0.4, 0.5) is 5.69 Å². The zero-order valence-electron chi connectivity index (χ0n) is 11.2. The number of anilines is 1. The number of rotatable bonds is 7. The number of hydrogen-bond donors (Lipinski definition) is 2. The fourth-order valence-electron chi connectivity index (χ4n) is 2.12. The largest absolute Gasteiger partial charge is 0.391 e. The van der Waals surface area contributed by atoms with Gasteiger partial charge in [-0.15, -0.1) is 0 Å². The summed E-state index contributed by atoms with van der Waals surface area (Å²) in [5, 5.41) is 12.9. The Morgan fingerprint density at radius 2 is 2.05 bits per heavy atom. The summed E-state index contributed by atoms with van der Waals surface area (Å²) in [7, 11) is -3.24. The summed E-state index contributed by atoms with van der Waals surface area (Å²) in [6.07, 6.45) is 2.35. The predicted octanol–water partition coefficient (Wildman–Crippen LogP) is 2.05. The van der Waals surface area contributed by atoms with Gasteiger partial charge in [-0.05, 0) is 37.3 Å². The van der Waals surface area contributed by atoms with E-state index in [0.29, 0.717) is 29.5 Å². The van der Waals surface area contributed by atoms with E-state index >= 15 is 0 Å². The molecular weight excluding hydrogens is 262 g/mol. The molecule has 0 aromatic heterocycles. The monoisotopic (exact) mass is 283 g/mol. The summed E-state index contributed by atoms with van der Waals surface area (Å²) in [5.41, 5.74) is 0.593. The van der Waals surface area contributed by atoms with E-state index in [9.17, 15) is 13.5 Å². The number of aliphatic hydroxyl groups is 1. The van der Waals surface area contributed by atoms with Crippen LogP contribution < -0.4 is 5.32 Å². The molecule has 0 radical (unpaired) electrons. The maximum absolute atomic E-state index is 12.1. The van der Waals surface area contributed by atoms with Crippen LogP contribution in [0, 0.1) is 5.92 Å². The highest BCUT2D eigenvalue weighted by molar-refractivity contribution is 7.91. The highest BCUT2D eigenvalue weighted by Crippen LogP contribution is 2.33. The van der Waals surface area contributed by atoms with Gasteiger partial charge < -0.3 is 10.4 Å². The molecule has 5 heteroatoms. The third-order valence-electron chi connectivity index (χ3n) is 3.36. The van der Waals surface area contributed by atoms with E-state index < -0.39 is 9.84 Å². The lowest BCUT2D eigenvalue weighted by molar-refractivity contribution is 0.164. The van der Waals surface area contributed by atoms with E-state index in [1.807, 2.05) is 6.92 Å². The molecule has 0 saturated heterocycles. The van der Waals surface area contributed by atoms with Crippen molar-refractivity contribution in [2.24, 2.45) is 5.92 Å². The van der Waals surface area contributed by atoms with Crippen LogP contribution in [0.15, 0.2) is 29.2 Å². The van der Waals surface area contributed by atoms with Gasteiger partial charge in [0.2, 0.25) is 0 Å². The molecular formula is C14H21NO3S. The van der Waals surface area contributed by atoms with Crippen molar-refractivity contribution in [1.29, 1.82) is 0 Å². The molecule has 0 bridgehead atoms. The summed E-state index contributed by atoms with van der Waals surface area (Å²) in [4.78, 5) is 0.333. The van der Waals surface area contributed by atoms with Crippen molar-refractivity contribution in [3.63, 3.8) is 0 Å². The van der Waals surface area contributed by atoms with Gasteiger partial charge in [0.25, 0.3) is 0 Å². The van der Waals surface area contributed by atoms with E-state index in [4.69, 9.17) is 0 Å². The van der Waals surface area contributed by atoms with Crippen LogP contribution in [0.3, 0.4) is 0 Å². The average molecular weight is 283 g/mol. The van der Waals surface area contributed by atoms with Gasteiger partial charge in [0.1, 0.15) is 0 Å². The van der Waals surface area contributed by atoms with Gasteiger partial charge >= 0.3 is 0 Å². The second kappa shape index (κ2) is 5.92. The molecule has 0 aliphatic heterocycles. The Bertz CT molecular complexity index is 523. The van der Waals surface area contributed by atoms with Gasteiger partial charge in [-0.1, -0.05) is 19.1 Å². The molecule has 0 heterocycles. The lowest BCUT2D eigenvalue weighted by atomic mass is 10.2. The summed E-state index contributed by atoms with van der Waals surface area (Å²) in [6.45, 7) is 2.26. The van der Waals surface area contributed by atoms with Crippen LogP contribution in [-0.2, 0) is 9.84 Å². The third kappa shape index (κ3) is 3.70. The number of benzene rings is 1. The van der Waals surface area contributed by atoms with E-state index in [1.54, 1.807) is 24.3 Å². The molecule has 2 rings (SSSR count). The highest BCUT2D eigenvalue weighted by Gasteiger charge is 2.29.